The van der Waals surface area contributed by atoms with Crippen molar-refractivity contribution in [1.82, 2.24) is 4.90 Å². The van der Waals surface area contributed by atoms with Gasteiger partial charge in [-0.2, -0.15) is 0 Å². The third-order valence-electron chi connectivity index (χ3n) is 3.94. The van der Waals surface area contributed by atoms with Gasteiger partial charge in [0.2, 0.25) is 0 Å². The highest BCUT2D eigenvalue weighted by Gasteiger charge is 2.34. The number of rotatable bonds is 3. The van der Waals surface area contributed by atoms with Crippen LogP contribution in [-0.2, 0) is 0 Å². The second kappa shape index (κ2) is 7.12. The van der Waals surface area contributed by atoms with Crippen LogP contribution in [0.15, 0.2) is 42.5 Å². The number of carbonyl (C=O) groups is 2. The first kappa shape index (κ1) is 17.5. The molecule has 2 atom stereocenters. The molecule has 0 aliphatic carbocycles. The van der Waals surface area contributed by atoms with E-state index in [9.17, 15) is 9.59 Å². The average Bonchev–Trinajstić information content (AvgIpc) is 3.14. The Morgan fingerprint density at radius 1 is 1.04 bits per heavy atom. The fourth-order valence-corrected chi connectivity index (χ4v) is 3.61. The zero-order valence-corrected chi connectivity index (χ0v) is 14.0. The third-order valence-corrected chi connectivity index (χ3v) is 5.03. The van der Waals surface area contributed by atoms with E-state index >= 15 is 0 Å². The van der Waals surface area contributed by atoms with Gasteiger partial charge >= 0.3 is 0 Å². The van der Waals surface area contributed by atoms with Gasteiger partial charge in [-0.05, 0) is 17.7 Å². The van der Waals surface area contributed by atoms with E-state index in [0.29, 0.717) is 22.8 Å². The highest BCUT2D eigenvalue weighted by molar-refractivity contribution is 7.15. The van der Waals surface area contributed by atoms with Crippen LogP contribution in [0.5, 0.6) is 0 Å². The molecular weight excluding hydrogens is 334 g/mol. The molecule has 0 unspecified atom stereocenters. The summed E-state index contributed by atoms with van der Waals surface area (Å²) < 4.78 is 0. The van der Waals surface area contributed by atoms with Gasteiger partial charge in [0.1, 0.15) is 0 Å². The Kier molecular flexibility index (Phi) is 5.41. The van der Waals surface area contributed by atoms with Crippen LogP contribution in [0, 0.1) is 0 Å². The van der Waals surface area contributed by atoms with Crippen LogP contribution in [0.1, 0.15) is 30.8 Å². The predicted octanol–water partition coefficient (Wildman–Crippen LogP) is 1.84. The van der Waals surface area contributed by atoms with E-state index in [1.165, 1.54) is 0 Å². The normalized spacial score (nSPS) is 20.1. The van der Waals surface area contributed by atoms with Crippen LogP contribution >= 0.6 is 23.7 Å². The molecule has 7 heteroatoms. The van der Waals surface area contributed by atoms with E-state index in [4.69, 9.17) is 11.5 Å². The molecule has 5 nitrogen and oxygen atoms in total. The zero-order chi connectivity index (χ0) is 15.7. The highest BCUT2D eigenvalue weighted by Crippen LogP contribution is 2.28. The number of thiophene rings is 1. The monoisotopic (exact) mass is 351 g/mol. The van der Waals surface area contributed by atoms with Crippen LogP contribution in [-0.4, -0.2) is 35.8 Å². The van der Waals surface area contributed by atoms with Crippen molar-refractivity contribution in [1.29, 1.82) is 0 Å². The van der Waals surface area contributed by atoms with Crippen LogP contribution in [0.2, 0.25) is 0 Å². The van der Waals surface area contributed by atoms with Crippen LogP contribution in [0.4, 0.5) is 0 Å². The molecule has 1 aliphatic heterocycles. The molecule has 0 bridgehead atoms. The first-order chi connectivity index (χ1) is 10.6. The number of hydrogen-bond acceptors (Lipinski definition) is 4. The Labute approximate surface area is 144 Å². The lowest BCUT2D eigenvalue weighted by Gasteiger charge is -2.15. The molecule has 1 aliphatic rings. The number of nitrogens with two attached hydrogens (primary N) is 2. The first-order valence-electron chi connectivity index (χ1n) is 7.05. The van der Waals surface area contributed by atoms with E-state index < -0.39 is 5.91 Å². The van der Waals surface area contributed by atoms with Gasteiger partial charge in [0, 0.05) is 25.0 Å². The quantitative estimate of drug-likeness (QED) is 0.884. The summed E-state index contributed by atoms with van der Waals surface area (Å²) >= 11 is 1.13. The molecule has 2 aromatic rings. The Balaban J connectivity index is 0.00000192. The van der Waals surface area contributed by atoms with E-state index in [2.05, 4.69) is 0 Å². The van der Waals surface area contributed by atoms with Crippen LogP contribution in [0.3, 0.4) is 0 Å². The van der Waals surface area contributed by atoms with Gasteiger partial charge in [-0.1, -0.05) is 30.3 Å². The average molecular weight is 352 g/mol. The second-order valence-corrected chi connectivity index (χ2v) is 6.50. The largest absolute Gasteiger partial charge is 0.365 e. The molecule has 122 valence electrons. The topological polar surface area (TPSA) is 89.4 Å². The molecule has 1 aromatic carbocycles. The minimum absolute atomic E-state index is 0. The molecule has 0 radical (unpaired) electrons. The summed E-state index contributed by atoms with van der Waals surface area (Å²) in [6.07, 6.45) is 0. The number of carbonyl (C=O) groups excluding carboxylic acids is 2. The zero-order valence-electron chi connectivity index (χ0n) is 12.3. The molecule has 2 heterocycles. The molecule has 23 heavy (non-hydrogen) atoms. The number of halogens is 1. The fourth-order valence-electron chi connectivity index (χ4n) is 2.79. The highest BCUT2D eigenvalue weighted by atomic mass is 35.5. The Hall–Kier alpha value is -1.89. The molecule has 2 amide bonds. The number of primary amides is 1. The predicted molar refractivity (Wildman–Crippen MR) is 93.1 cm³/mol. The molecule has 0 spiro atoms. The van der Waals surface area contributed by atoms with Gasteiger partial charge in [0.15, 0.2) is 0 Å². The molecule has 1 aromatic heterocycles. The Morgan fingerprint density at radius 2 is 1.70 bits per heavy atom. The molecule has 1 saturated heterocycles. The summed E-state index contributed by atoms with van der Waals surface area (Å²) in [5.74, 6) is -0.462. The van der Waals surface area contributed by atoms with Crippen molar-refractivity contribution >= 4 is 35.6 Å². The number of nitrogens with zero attached hydrogens (tertiary/aromatic N) is 1. The molecule has 4 N–H and O–H groups in total. The van der Waals surface area contributed by atoms with Crippen molar-refractivity contribution in [2.24, 2.45) is 11.5 Å². The van der Waals surface area contributed by atoms with Gasteiger partial charge in [-0.3, -0.25) is 9.59 Å². The molecule has 0 saturated carbocycles. The lowest BCUT2D eigenvalue weighted by Crippen LogP contribution is -2.31. The summed E-state index contributed by atoms with van der Waals surface area (Å²) in [6.45, 7) is 1.11. The van der Waals surface area contributed by atoms with Crippen LogP contribution < -0.4 is 11.5 Å². The summed E-state index contributed by atoms with van der Waals surface area (Å²) in [5, 5.41) is 0. The standard InChI is InChI=1S/C16H17N3O2S.ClH/c17-12-9-19(8-11(12)10-4-2-1-3-5-10)16(21)14-7-6-13(22-14)15(18)20;/h1-7,11-12H,8-9,17H2,(H2,18,20);1H/t11-,12+;/m0./s1. The van der Waals surface area contributed by atoms with Crippen molar-refractivity contribution in [2.75, 3.05) is 13.1 Å². The maximum Gasteiger partial charge on any atom is 0.264 e. The van der Waals surface area contributed by atoms with Crippen molar-refractivity contribution in [3.05, 3.63) is 57.8 Å². The third kappa shape index (κ3) is 3.55. The lowest BCUT2D eigenvalue weighted by molar-refractivity contribution is 0.0793. The Morgan fingerprint density at radius 3 is 2.30 bits per heavy atom. The molecular formula is C16H18ClN3O2S. The first-order valence-corrected chi connectivity index (χ1v) is 7.87. The van der Waals surface area contributed by atoms with Gasteiger partial charge in [-0.15, -0.1) is 23.7 Å². The van der Waals surface area contributed by atoms with Gasteiger partial charge in [0.25, 0.3) is 11.8 Å². The smallest absolute Gasteiger partial charge is 0.264 e. The van der Waals surface area contributed by atoms with Gasteiger partial charge in [-0.25, -0.2) is 0 Å². The fraction of sp³-hybridized carbons (Fsp3) is 0.250. The molecule has 3 rings (SSSR count). The lowest BCUT2D eigenvalue weighted by atomic mass is 9.95. The van der Waals surface area contributed by atoms with Crippen molar-refractivity contribution in [3.63, 3.8) is 0 Å². The minimum atomic E-state index is -0.510. The minimum Gasteiger partial charge on any atom is -0.365 e. The van der Waals surface area contributed by atoms with Crippen molar-refractivity contribution in [3.8, 4) is 0 Å². The van der Waals surface area contributed by atoms with E-state index in [-0.39, 0.29) is 30.3 Å². The SMILES string of the molecule is Cl.NC(=O)c1ccc(C(=O)N2C[C@@H](N)[C@H](c3ccccc3)C2)s1. The number of hydrogen-bond donors (Lipinski definition) is 2. The second-order valence-electron chi connectivity index (χ2n) is 5.42. The summed E-state index contributed by atoms with van der Waals surface area (Å²) in [7, 11) is 0. The van der Waals surface area contributed by atoms with E-state index in [1.807, 2.05) is 30.3 Å². The maximum absolute atomic E-state index is 12.5. The molecule has 1 fully saturated rings. The number of likely N-dealkylation sites (tertiary alicyclic amines) is 1. The summed E-state index contributed by atoms with van der Waals surface area (Å²) in [6, 6.07) is 13.1. The van der Waals surface area contributed by atoms with E-state index in [0.717, 1.165) is 16.9 Å². The van der Waals surface area contributed by atoms with Crippen LogP contribution in [0.25, 0.3) is 0 Å². The Bertz CT molecular complexity index is 704. The number of benzene rings is 1. The van der Waals surface area contributed by atoms with Gasteiger partial charge < -0.3 is 16.4 Å². The summed E-state index contributed by atoms with van der Waals surface area (Å²) in [4.78, 5) is 26.3. The summed E-state index contributed by atoms with van der Waals surface area (Å²) in [5.41, 5.74) is 12.6. The number of amides is 2. The van der Waals surface area contributed by atoms with Crippen molar-refractivity contribution in [2.45, 2.75) is 12.0 Å². The maximum atomic E-state index is 12.5. The van der Waals surface area contributed by atoms with Gasteiger partial charge in [0.05, 0.1) is 9.75 Å². The van der Waals surface area contributed by atoms with E-state index in [1.54, 1.807) is 17.0 Å². The van der Waals surface area contributed by atoms with Crippen molar-refractivity contribution < 1.29 is 9.59 Å².